The molecule has 6 nitrogen and oxygen atoms in total. The first-order valence-corrected chi connectivity index (χ1v) is 9.82. The quantitative estimate of drug-likeness (QED) is 0.301. The van der Waals surface area contributed by atoms with E-state index in [9.17, 15) is 4.79 Å². The van der Waals surface area contributed by atoms with Gasteiger partial charge in [-0.15, -0.1) is 0 Å². The Balaban J connectivity index is 1.88. The summed E-state index contributed by atoms with van der Waals surface area (Å²) >= 11 is 0. The predicted molar refractivity (Wildman–Crippen MR) is 121 cm³/mol. The summed E-state index contributed by atoms with van der Waals surface area (Å²) in [7, 11) is 1.91. The van der Waals surface area contributed by atoms with Gasteiger partial charge in [0.2, 0.25) is 0 Å². The molecule has 0 atom stereocenters. The number of ether oxygens (including phenoxy) is 1. The molecule has 0 saturated carbocycles. The number of hydrogen-bond acceptors (Lipinski definition) is 3. The van der Waals surface area contributed by atoms with E-state index in [2.05, 4.69) is 41.4 Å². The highest BCUT2D eigenvalue weighted by molar-refractivity contribution is 6.07. The maximum Gasteiger partial charge on any atom is 0.340 e. The van der Waals surface area contributed by atoms with Gasteiger partial charge in [-0.3, -0.25) is 0 Å². The minimum Gasteiger partial charge on any atom is -0.462 e. The Morgan fingerprint density at radius 3 is 2.43 bits per heavy atom. The van der Waals surface area contributed by atoms with Crippen molar-refractivity contribution in [1.29, 1.82) is 0 Å². The van der Waals surface area contributed by atoms with Gasteiger partial charge >= 0.3 is 5.97 Å². The zero-order valence-electron chi connectivity index (χ0n) is 17.1. The minimum absolute atomic E-state index is 0.0214. The molecule has 0 amide bonds. The standard InChI is InChI=1S/C24H24N4O2/c1-3-30-23(29)22-19-11-10-18(13-20(19)28(2)21(22)14-27-24(25)26)17-9-8-15-6-4-5-7-16(15)12-17/h4-13H,3,14H2,1-2H3,(H4,25,26,27). The lowest BCUT2D eigenvalue weighted by atomic mass is 10.00. The lowest BCUT2D eigenvalue weighted by molar-refractivity contribution is 0.0527. The third-order valence-corrected chi connectivity index (χ3v) is 5.30. The van der Waals surface area contributed by atoms with E-state index in [1.165, 1.54) is 10.8 Å². The van der Waals surface area contributed by atoms with E-state index in [4.69, 9.17) is 16.2 Å². The molecule has 0 radical (unpaired) electrons. The van der Waals surface area contributed by atoms with Gasteiger partial charge in [0.05, 0.1) is 24.4 Å². The smallest absolute Gasteiger partial charge is 0.340 e. The van der Waals surface area contributed by atoms with Crippen LogP contribution in [0.15, 0.2) is 65.7 Å². The lowest BCUT2D eigenvalue weighted by Crippen LogP contribution is -2.23. The third kappa shape index (κ3) is 3.48. The van der Waals surface area contributed by atoms with Crippen molar-refractivity contribution in [2.75, 3.05) is 6.61 Å². The zero-order chi connectivity index (χ0) is 21.3. The highest BCUT2D eigenvalue weighted by atomic mass is 16.5. The first-order valence-electron chi connectivity index (χ1n) is 9.82. The average Bonchev–Trinajstić information content (AvgIpc) is 3.03. The van der Waals surface area contributed by atoms with Gasteiger partial charge in [-0.05, 0) is 41.0 Å². The van der Waals surface area contributed by atoms with Crippen molar-refractivity contribution in [2.45, 2.75) is 13.5 Å². The van der Waals surface area contributed by atoms with Crippen molar-refractivity contribution in [3.05, 3.63) is 71.9 Å². The van der Waals surface area contributed by atoms with Crippen molar-refractivity contribution in [3.63, 3.8) is 0 Å². The molecule has 1 heterocycles. The summed E-state index contributed by atoms with van der Waals surface area (Å²) in [5.74, 6) is -0.394. The van der Waals surface area contributed by atoms with Crippen LogP contribution in [0.5, 0.6) is 0 Å². The number of guanidine groups is 1. The summed E-state index contributed by atoms with van der Waals surface area (Å²) in [5, 5.41) is 3.20. The van der Waals surface area contributed by atoms with E-state index in [0.29, 0.717) is 17.9 Å². The molecule has 0 aliphatic rings. The lowest BCUT2D eigenvalue weighted by Gasteiger charge is -2.06. The first kappa shape index (κ1) is 19.5. The fourth-order valence-corrected chi connectivity index (χ4v) is 3.82. The van der Waals surface area contributed by atoms with Crippen molar-refractivity contribution < 1.29 is 9.53 Å². The van der Waals surface area contributed by atoms with Gasteiger partial charge in [0, 0.05) is 18.0 Å². The fraction of sp³-hybridized carbons (Fsp3) is 0.167. The minimum atomic E-state index is -0.373. The second kappa shape index (κ2) is 7.91. The molecular weight excluding hydrogens is 376 g/mol. The molecule has 0 saturated heterocycles. The van der Waals surface area contributed by atoms with E-state index in [0.717, 1.165) is 22.0 Å². The number of nitrogens with zero attached hydrogens (tertiary/aromatic N) is 2. The highest BCUT2D eigenvalue weighted by Gasteiger charge is 2.22. The Morgan fingerprint density at radius 2 is 1.70 bits per heavy atom. The molecule has 6 heteroatoms. The molecule has 0 spiro atoms. The van der Waals surface area contributed by atoms with Crippen LogP contribution in [0.25, 0.3) is 32.8 Å². The predicted octanol–water partition coefficient (Wildman–Crippen LogP) is 3.95. The van der Waals surface area contributed by atoms with Crippen LogP contribution in [0, 0.1) is 0 Å². The summed E-state index contributed by atoms with van der Waals surface area (Å²) in [6.45, 7) is 2.29. The number of aryl methyl sites for hydroxylation is 1. The third-order valence-electron chi connectivity index (χ3n) is 5.30. The normalized spacial score (nSPS) is 11.0. The monoisotopic (exact) mass is 400 g/mol. The Bertz CT molecular complexity index is 1280. The van der Waals surface area contributed by atoms with Crippen molar-refractivity contribution >= 4 is 33.6 Å². The van der Waals surface area contributed by atoms with Crippen molar-refractivity contribution in [3.8, 4) is 11.1 Å². The Kier molecular flexibility index (Phi) is 5.14. The van der Waals surface area contributed by atoms with Crippen LogP contribution >= 0.6 is 0 Å². The average molecular weight is 400 g/mol. The van der Waals surface area contributed by atoms with Gasteiger partial charge in [0.1, 0.15) is 0 Å². The molecule has 0 unspecified atom stereocenters. The molecule has 4 N–H and O–H groups in total. The molecule has 4 aromatic rings. The van der Waals surface area contributed by atoms with Crippen LogP contribution < -0.4 is 11.5 Å². The molecule has 1 aromatic heterocycles. The van der Waals surface area contributed by atoms with Crippen LogP contribution in [0.1, 0.15) is 23.0 Å². The number of carbonyl (C=O) groups excluding carboxylic acids is 1. The number of aromatic nitrogens is 1. The molecule has 0 bridgehead atoms. The van der Waals surface area contributed by atoms with Crippen LogP contribution in [0.2, 0.25) is 0 Å². The van der Waals surface area contributed by atoms with Gasteiger partial charge in [-0.2, -0.15) is 0 Å². The van der Waals surface area contributed by atoms with E-state index in [1.807, 2.05) is 35.9 Å². The van der Waals surface area contributed by atoms with Crippen LogP contribution in [0.4, 0.5) is 0 Å². The molecular formula is C24H24N4O2. The largest absolute Gasteiger partial charge is 0.462 e. The number of esters is 1. The van der Waals surface area contributed by atoms with Crippen molar-refractivity contribution in [2.24, 2.45) is 23.5 Å². The second-order valence-electron chi connectivity index (χ2n) is 7.14. The topological polar surface area (TPSA) is 95.6 Å². The molecule has 0 aliphatic heterocycles. The Labute approximate surface area is 174 Å². The van der Waals surface area contributed by atoms with E-state index in [1.54, 1.807) is 6.92 Å². The SMILES string of the molecule is CCOC(=O)c1c(CN=C(N)N)n(C)c2cc(-c3ccc4ccccc4c3)ccc12. The Morgan fingerprint density at radius 1 is 1.00 bits per heavy atom. The number of benzene rings is 3. The number of nitrogens with two attached hydrogens (primary N) is 2. The maximum atomic E-state index is 12.7. The van der Waals surface area contributed by atoms with Gasteiger partial charge in [0.25, 0.3) is 0 Å². The van der Waals surface area contributed by atoms with Gasteiger partial charge in [-0.25, -0.2) is 9.79 Å². The maximum absolute atomic E-state index is 12.7. The fourth-order valence-electron chi connectivity index (χ4n) is 3.82. The summed E-state index contributed by atoms with van der Waals surface area (Å²) in [5.41, 5.74) is 15.4. The van der Waals surface area contributed by atoms with Crippen LogP contribution in [-0.2, 0) is 18.3 Å². The molecule has 0 aliphatic carbocycles. The number of fused-ring (bicyclic) bond motifs is 2. The van der Waals surface area contributed by atoms with E-state index < -0.39 is 0 Å². The van der Waals surface area contributed by atoms with Gasteiger partial charge < -0.3 is 20.8 Å². The molecule has 0 fully saturated rings. The molecule has 4 rings (SSSR count). The van der Waals surface area contributed by atoms with E-state index >= 15 is 0 Å². The van der Waals surface area contributed by atoms with Crippen molar-refractivity contribution in [1.82, 2.24) is 4.57 Å². The summed E-state index contributed by atoms with van der Waals surface area (Å²) in [6.07, 6.45) is 0. The van der Waals surface area contributed by atoms with Crippen LogP contribution in [0.3, 0.4) is 0 Å². The number of aliphatic imine (C=N–C) groups is 1. The first-order chi connectivity index (χ1) is 14.5. The van der Waals surface area contributed by atoms with Gasteiger partial charge in [0.15, 0.2) is 5.96 Å². The molecule has 30 heavy (non-hydrogen) atoms. The summed E-state index contributed by atoms with van der Waals surface area (Å²) < 4.78 is 7.25. The highest BCUT2D eigenvalue weighted by Crippen LogP contribution is 2.32. The number of carbonyl (C=O) groups is 1. The number of rotatable bonds is 5. The second-order valence-corrected chi connectivity index (χ2v) is 7.14. The zero-order valence-corrected chi connectivity index (χ0v) is 17.1. The van der Waals surface area contributed by atoms with E-state index in [-0.39, 0.29) is 18.5 Å². The molecule has 3 aromatic carbocycles. The molecule has 152 valence electrons. The van der Waals surface area contributed by atoms with Gasteiger partial charge in [-0.1, -0.05) is 48.5 Å². The van der Waals surface area contributed by atoms with Crippen LogP contribution in [-0.4, -0.2) is 23.1 Å². The Hall–Kier alpha value is -3.80. The summed E-state index contributed by atoms with van der Waals surface area (Å²) in [4.78, 5) is 16.8. The summed E-state index contributed by atoms with van der Waals surface area (Å²) in [6, 6.07) is 20.7. The number of hydrogen-bond donors (Lipinski definition) is 2.